The van der Waals surface area contributed by atoms with Crippen LogP contribution in [0.1, 0.15) is 27.2 Å². The van der Waals surface area contributed by atoms with E-state index in [0.717, 1.165) is 0 Å². The fourth-order valence-corrected chi connectivity index (χ4v) is 1.20. The van der Waals surface area contributed by atoms with E-state index in [1.165, 1.54) is 0 Å². The predicted molar refractivity (Wildman–Crippen MR) is 57.8 cm³/mol. The molecule has 86 valence electrons. The molecule has 0 aromatic carbocycles. The van der Waals surface area contributed by atoms with Crippen molar-refractivity contribution in [1.82, 2.24) is 0 Å². The first-order valence-electron chi connectivity index (χ1n) is 4.15. The molecule has 0 heterocycles. The minimum Gasteiger partial charge on any atom is -0.390 e. The Balaban J connectivity index is 4.01. The monoisotopic (exact) mass is 264 g/mol. The molecule has 0 amide bonds. The molecule has 2 atom stereocenters. The minimum absolute atomic E-state index is 0.338. The third-order valence-corrected chi connectivity index (χ3v) is 1.99. The number of halogens is 3. The third kappa shape index (κ3) is 7.10. The van der Waals surface area contributed by atoms with Gasteiger partial charge in [0.15, 0.2) is 0 Å². The highest BCUT2D eigenvalue weighted by Gasteiger charge is 2.33. The smallest absolute Gasteiger partial charge is 0.240 e. The summed E-state index contributed by atoms with van der Waals surface area (Å²) in [5.74, 6) is 0. The summed E-state index contributed by atoms with van der Waals surface area (Å²) in [6, 6.07) is 0. The van der Waals surface area contributed by atoms with Crippen LogP contribution in [-0.4, -0.2) is 32.0 Å². The molecule has 0 aromatic rings. The van der Waals surface area contributed by atoms with Crippen molar-refractivity contribution in [1.29, 1.82) is 0 Å². The van der Waals surface area contributed by atoms with Crippen molar-refractivity contribution >= 4 is 34.8 Å². The van der Waals surface area contributed by atoms with Crippen LogP contribution in [0.25, 0.3) is 0 Å². The van der Waals surface area contributed by atoms with Gasteiger partial charge in [-0.2, -0.15) is 0 Å². The number of alkyl halides is 3. The van der Waals surface area contributed by atoms with Gasteiger partial charge in [-0.25, -0.2) is 0 Å². The number of aliphatic hydroxyl groups is 2. The molecule has 0 spiro atoms. The molecule has 0 saturated heterocycles. The van der Waals surface area contributed by atoms with Crippen molar-refractivity contribution < 1.29 is 14.9 Å². The molecule has 0 rings (SSSR count). The molecular formula is C8H15Cl3O3. The van der Waals surface area contributed by atoms with Crippen molar-refractivity contribution in [3.05, 3.63) is 0 Å². The summed E-state index contributed by atoms with van der Waals surface area (Å²) in [6.45, 7) is 4.95. The fraction of sp³-hybridized carbons (Fsp3) is 1.00. The van der Waals surface area contributed by atoms with Crippen LogP contribution in [0, 0.1) is 0 Å². The van der Waals surface area contributed by atoms with Crippen LogP contribution in [0.15, 0.2) is 0 Å². The molecule has 0 aliphatic carbocycles. The van der Waals surface area contributed by atoms with E-state index in [9.17, 15) is 10.2 Å². The molecular weight excluding hydrogens is 250 g/mol. The van der Waals surface area contributed by atoms with Gasteiger partial charge in [0.05, 0.1) is 11.7 Å². The maximum Gasteiger partial charge on any atom is 0.240 e. The molecule has 0 aliphatic heterocycles. The maximum absolute atomic E-state index is 9.44. The highest BCUT2D eigenvalue weighted by atomic mass is 35.6. The normalized spacial score (nSPS) is 18.0. The van der Waals surface area contributed by atoms with Crippen LogP contribution >= 0.6 is 34.8 Å². The zero-order valence-corrected chi connectivity index (χ0v) is 10.6. The number of hydrogen-bond acceptors (Lipinski definition) is 3. The minimum atomic E-state index is -1.87. The van der Waals surface area contributed by atoms with Crippen LogP contribution < -0.4 is 0 Å². The quantitative estimate of drug-likeness (QED) is 0.605. The second-order valence-corrected chi connectivity index (χ2v) is 6.23. The second kappa shape index (κ2) is 5.19. The molecule has 0 aliphatic rings. The Bertz CT molecular complexity index is 174. The number of hydrogen-bond donors (Lipinski definition) is 2. The third-order valence-electron chi connectivity index (χ3n) is 1.43. The SMILES string of the molecule is C[C@H](CC(C)(C)O)O[C@@H](O)C(Cl)(Cl)Cl. The van der Waals surface area contributed by atoms with Crippen molar-refractivity contribution in [2.24, 2.45) is 0 Å². The molecule has 0 radical (unpaired) electrons. The lowest BCUT2D eigenvalue weighted by Crippen LogP contribution is -2.35. The summed E-state index contributed by atoms with van der Waals surface area (Å²) < 4.78 is 3.12. The van der Waals surface area contributed by atoms with Crippen molar-refractivity contribution in [2.75, 3.05) is 0 Å². The van der Waals surface area contributed by atoms with Crippen LogP contribution in [0.3, 0.4) is 0 Å². The van der Waals surface area contributed by atoms with Gasteiger partial charge in [0.1, 0.15) is 0 Å². The Morgan fingerprint density at radius 2 is 1.71 bits per heavy atom. The summed E-state index contributed by atoms with van der Waals surface area (Å²) >= 11 is 16.2. The first-order valence-corrected chi connectivity index (χ1v) is 5.28. The summed E-state index contributed by atoms with van der Waals surface area (Å²) in [5, 5.41) is 18.7. The molecule has 0 fully saturated rings. The Morgan fingerprint density at radius 3 is 2.00 bits per heavy atom. The largest absolute Gasteiger partial charge is 0.390 e. The van der Waals surface area contributed by atoms with E-state index in [1.54, 1.807) is 20.8 Å². The summed E-state index contributed by atoms with van der Waals surface area (Å²) in [7, 11) is 0. The molecule has 6 heteroatoms. The highest BCUT2D eigenvalue weighted by molar-refractivity contribution is 6.67. The molecule has 14 heavy (non-hydrogen) atoms. The molecule has 0 bridgehead atoms. The highest BCUT2D eigenvalue weighted by Crippen LogP contribution is 2.32. The molecule has 3 nitrogen and oxygen atoms in total. The lowest BCUT2D eigenvalue weighted by atomic mass is 10.0. The molecule has 2 N–H and O–H groups in total. The van der Waals surface area contributed by atoms with E-state index in [1.807, 2.05) is 0 Å². The summed E-state index contributed by atoms with van der Waals surface area (Å²) in [4.78, 5) is 0. The lowest BCUT2D eigenvalue weighted by Gasteiger charge is -2.27. The average Bonchev–Trinajstić information content (AvgIpc) is 1.79. The number of rotatable bonds is 4. The van der Waals surface area contributed by atoms with Gasteiger partial charge in [0.2, 0.25) is 10.1 Å². The number of ether oxygens (including phenoxy) is 1. The van der Waals surface area contributed by atoms with E-state index in [0.29, 0.717) is 6.42 Å². The van der Waals surface area contributed by atoms with Gasteiger partial charge in [0, 0.05) is 6.42 Å². The Kier molecular flexibility index (Phi) is 5.47. The molecule has 0 saturated carbocycles. The van der Waals surface area contributed by atoms with Crippen molar-refractivity contribution in [3.8, 4) is 0 Å². The maximum atomic E-state index is 9.44. The van der Waals surface area contributed by atoms with E-state index >= 15 is 0 Å². The van der Waals surface area contributed by atoms with Crippen LogP contribution in [0.2, 0.25) is 0 Å². The van der Waals surface area contributed by atoms with Gasteiger partial charge in [-0.15, -0.1) is 0 Å². The van der Waals surface area contributed by atoms with Crippen molar-refractivity contribution in [3.63, 3.8) is 0 Å². The topological polar surface area (TPSA) is 49.7 Å². The van der Waals surface area contributed by atoms with Gasteiger partial charge in [0.25, 0.3) is 0 Å². The van der Waals surface area contributed by atoms with Crippen LogP contribution in [0.5, 0.6) is 0 Å². The van der Waals surface area contributed by atoms with Crippen LogP contribution in [-0.2, 0) is 4.74 Å². The predicted octanol–water partition coefficient (Wildman–Crippen LogP) is 2.24. The zero-order valence-electron chi connectivity index (χ0n) is 8.30. The van der Waals surface area contributed by atoms with Gasteiger partial charge in [-0.05, 0) is 20.8 Å². The number of aliphatic hydroxyl groups excluding tert-OH is 1. The van der Waals surface area contributed by atoms with Gasteiger partial charge < -0.3 is 14.9 Å². The Labute approximate surface area is 98.9 Å². The van der Waals surface area contributed by atoms with E-state index in [-0.39, 0.29) is 0 Å². The van der Waals surface area contributed by atoms with Gasteiger partial charge in [-0.1, -0.05) is 34.8 Å². The standard InChI is InChI=1S/C8H15Cl3O3/c1-5(4-7(2,3)13)14-6(12)8(9,10)11/h5-6,12-13H,4H2,1-3H3/t5-,6-/m1/s1. The van der Waals surface area contributed by atoms with Crippen molar-refractivity contribution in [2.45, 2.75) is 49.0 Å². The molecule has 0 aromatic heterocycles. The zero-order chi connectivity index (χ0) is 11.6. The Hall–Kier alpha value is 0.750. The summed E-state index contributed by atoms with van der Waals surface area (Å²) in [6.07, 6.45) is -1.56. The van der Waals surface area contributed by atoms with Crippen LogP contribution in [0.4, 0.5) is 0 Å². The first kappa shape index (κ1) is 14.8. The van der Waals surface area contributed by atoms with Gasteiger partial charge >= 0.3 is 0 Å². The van der Waals surface area contributed by atoms with E-state index in [2.05, 4.69) is 0 Å². The molecule has 0 unspecified atom stereocenters. The average molecular weight is 266 g/mol. The summed E-state index contributed by atoms with van der Waals surface area (Å²) in [5.41, 5.74) is -0.882. The second-order valence-electron chi connectivity index (χ2n) is 3.86. The van der Waals surface area contributed by atoms with E-state index in [4.69, 9.17) is 39.5 Å². The van der Waals surface area contributed by atoms with Gasteiger partial charge in [-0.3, -0.25) is 0 Å². The Morgan fingerprint density at radius 1 is 1.29 bits per heavy atom. The first-order chi connectivity index (χ1) is 6.02. The van der Waals surface area contributed by atoms with E-state index < -0.39 is 21.8 Å². The fourth-order valence-electron chi connectivity index (χ4n) is 1.05. The lowest BCUT2D eigenvalue weighted by molar-refractivity contribution is -0.141.